The zero-order chi connectivity index (χ0) is 15.5. The van der Waals surface area contributed by atoms with E-state index in [2.05, 4.69) is 10.6 Å². The third-order valence-corrected chi connectivity index (χ3v) is 4.96. The molecular formula is C15H20N2O3S. The molecule has 1 fully saturated rings. The quantitative estimate of drug-likeness (QED) is 0.837. The van der Waals surface area contributed by atoms with Gasteiger partial charge in [0, 0.05) is 12.4 Å². The second kappa shape index (κ2) is 6.39. The number of hydrogen-bond donors (Lipinski definition) is 2. The minimum absolute atomic E-state index is 0.0577. The first-order valence-electron chi connectivity index (χ1n) is 7.13. The first kappa shape index (κ1) is 15.7. The molecule has 0 unspecified atom stereocenters. The van der Waals surface area contributed by atoms with Gasteiger partial charge in [-0.3, -0.25) is 14.4 Å². The molecule has 0 aliphatic heterocycles. The molecule has 0 atom stereocenters. The van der Waals surface area contributed by atoms with Crippen molar-refractivity contribution >= 4 is 28.9 Å². The van der Waals surface area contributed by atoms with Crippen LogP contribution < -0.4 is 10.6 Å². The summed E-state index contributed by atoms with van der Waals surface area (Å²) in [7, 11) is 1.59. The van der Waals surface area contributed by atoms with Crippen LogP contribution in [0, 0.1) is 0 Å². The highest BCUT2D eigenvalue weighted by molar-refractivity contribution is 7.12. The molecule has 0 radical (unpaired) electrons. The zero-order valence-corrected chi connectivity index (χ0v) is 13.1. The summed E-state index contributed by atoms with van der Waals surface area (Å²) in [5.41, 5.74) is -0.373. The van der Waals surface area contributed by atoms with Crippen LogP contribution in [0.5, 0.6) is 0 Å². The fourth-order valence-corrected chi connectivity index (χ4v) is 3.52. The second-order valence-electron chi connectivity index (χ2n) is 5.43. The summed E-state index contributed by atoms with van der Waals surface area (Å²) in [4.78, 5) is 36.4. The van der Waals surface area contributed by atoms with Crippen molar-refractivity contribution in [1.29, 1.82) is 0 Å². The van der Waals surface area contributed by atoms with Crippen molar-refractivity contribution < 1.29 is 14.4 Å². The van der Waals surface area contributed by atoms with Crippen LogP contribution in [0.2, 0.25) is 0 Å². The maximum atomic E-state index is 12.4. The molecule has 0 spiro atoms. The van der Waals surface area contributed by atoms with Crippen molar-refractivity contribution in [1.82, 2.24) is 10.6 Å². The van der Waals surface area contributed by atoms with Gasteiger partial charge in [-0.2, -0.15) is 0 Å². The number of ketones is 1. The zero-order valence-electron chi connectivity index (χ0n) is 12.3. The molecule has 21 heavy (non-hydrogen) atoms. The molecule has 0 aromatic carbocycles. The largest absolute Gasteiger partial charge is 0.357 e. The van der Waals surface area contributed by atoms with Crippen molar-refractivity contribution in [3.8, 4) is 0 Å². The molecule has 0 bridgehead atoms. The Morgan fingerprint density at radius 3 is 2.38 bits per heavy atom. The summed E-state index contributed by atoms with van der Waals surface area (Å²) in [6, 6.07) is 1.59. The van der Waals surface area contributed by atoms with Crippen LogP contribution in [0.3, 0.4) is 0 Å². The fourth-order valence-electron chi connectivity index (χ4n) is 2.73. The average Bonchev–Trinajstić information content (AvgIpc) is 2.97. The summed E-state index contributed by atoms with van der Waals surface area (Å²) in [5.74, 6) is -0.487. The molecule has 0 saturated heterocycles. The molecular weight excluding hydrogens is 288 g/mol. The predicted octanol–water partition coefficient (Wildman–Crippen LogP) is 2.13. The van der Waals surface area contributed by atoms with Crippen LogP contribution in [0.4, 0.5) is 0 Å². The Labute approximate surface area is 128 Å². The second-order valence-corrected chi connectivity index (χ2v) is 6.34. The predicted molar refractivity (Wildman–Crippen MR) is 81.7 cm³/mol. The lowest BCUT2D eigenvalue weighted by Gasteiger charge is -2.36. The Morgan fingerprint density at radius 2 is 1.86 bits per heavy atom. The van der Waals surface area contributed by atoms with E-state index >= 15 is 0 Å². The number of thiophene rings is 1. The SMILES string of the molecule is CNC(=O)C1(NC(=O)c2csc(C(C)=O)c2)CCCCC1. The third-order valence-electron chi connectivity index (χ3n) is 3.93. The molecule has 1 aliphatic carbocycles. The van der Waals surface area contributed by atoms with Gasteiger partial charge in [-0.05, 0) is 25.8 Å². The van der Waals surface area contributed by atoms with E-state index in [-0.39, 0.29) is 17.6 Å². The maximum absolute atomic E-state index is 12.4. The Bertz CT molecular complexity index is 559. The lowest BCUT2D eigenvalue weighted by Crippen LogP contribution is -2.59. The summed E-state index contributed by atoms with van der Waals surface area (Å²) >= 11 is 1.25. The van der Waals surface area contributed by atoms with Crippen LogP contribution in [0.1, 0.15) is 59.1 Å². The van der Waals surface area contributed by atoms with E-state index in [0.717, 1.165) is 19.3 Å². The average molecular weight is 308 g/mol. The minimum Gasteiger partial charge on any atom is -0.357 e. The number of carbonyl (C=O) groups excluding carboxylic acids is 3. The van der Waals surface area contributed by atoms with Crippen LogP contribution in [0.15, 0.2) is 11.4 Å². The van der Waals surface area contributed by atoms with Gasteiger partial charge in [-0.25, -0.2) is 0 Å². The molecule has 1 aromatic heterocycles. The number of amides is 2. The third kappa shape index (κ3) is 3.32. The topological polar surface area (TPSA) is 75.3 Å². The summed E-state index contributed by atoms with van der Waals surface area (Å²) in [6.07, 6.45) is 4.25. The number of Topliss-reactive ketones (excluding diaryl/α,β-unsaturated/α-hetero) is 1. The highest BCUT2D eigenvalue weighted by atomic mass is 32.1. The lowest BCUT2D eigenvalue weighted by molar-refractivity contribution is -0.128. The molecule has 2 amide bonds. The highest BCUT2D eigenvalue weighted by Crippen LogP contribution is 2.29. The molecule has 5 nitrogen and oxygen atoms in total. The number of nitrogens with one attached hydrogen (secondary N) is 2. The van der Waals surface area contributed by atoms with Crippen LogP contribution in [-0.2, 0) is 4.79 Å². The molecule has 114 valence electrons. The van der Waals surface area contributed by atoms with Crippen molar-refractivity contribution in [3.63, 3.8) is 0 Å². The van der Waals surface area contributed by atoms with Gasteiger partial charge in [0.05, 0.1) is 10.4 Å². The summed E-state index contributed by atoms with van der Waals surface area (Å²) in [5, 5.41) is 7.21. The Kier molecular flexibility index (Phi) is 4.77. The minimum atomic E-state index is -0.817. The van der Waals surface area contributed by atoms with Gasteiger partial charge in [-0.1, -0.05) is 19.3 Å². The van der Waals surface area contributed by atoms with E-state index in [4.69, 9.17) is 0 Å². The molecule has 1 saturated carbocycles. The van der Waals surface area contributed by atoms with Gasteiger partial charge in [-0.15, -0.1) is 11.3 Å². The molecule has 2 rings (SSSR count). The fraction of sp³-hybridized carbons (Fsp3) is 0.533. The van der Waals surface area contributed by atoms with Crippen LogP contribution in [-0.4, -0.2) is 30.2 Å². The van der Waals surface area contributed by atoms with E-state index in [0.29, 0.717) is 23.3 Å². The van der Waals surface area contributed by atoms with Gasteiger partial charge < -0.3 is 10.6 Å². The number of likely N-dealkylation sites (N-methyl/N-ethyl adjacent to an activating group) is 1. The molecule has 1 aromatic rings. The van der Waals surface area contributed by atoms with Crippen molar-refractivity contribution in [2.45, 2.75) is 44.6 Å². The van der Waals surface area contributed by atoms with Crippen molar-refractivity contribution in [2.75, 3.05) is 7.05 Å². The highest BCUT2D eigenvalue weighted by Gasteiger charge is 2.40. The Morgan fingerprint density at radius 1 is 1.19 bits per heavy atom. The number of hydrogen-bond acceptors (Lipinski definition) is 4. The van der Waals surface area contributed by atoms with Gasteiger partial charge in [0.2, 0.25) is 5.91 Å². The summed E-state index contributed by atoms with van der Waals surface area (Å²) < 4.78 is 0. The first-order chi connectivity index (χ1) is 9.98. The van der Waals surface area contributed by atoms with Crippen molar-refractivity contribution in [3.05, 3.63) is 21.9 Å². The monoisotopic (exact) mass is 308 g/mol. The molecule has 2 N–H and O–H groups in total. The van der Waals surface area contributed by atoms with Gasteiger partial charge in [0.1, 0.15) is 5.54 Å². The maximum Gasteiger partial charge on any atom is 0.253 e. The number of rotatable bonds is 4. The van der Waals surface area contributed by atoms with Crippen LogP contribution in [0.25, 0.3) is 0 Å². The van der Waals surface area contributed by atoms with E-state index in [1.165, 1.54) is 18.3 Å². The standard InChI is InChI=1S/C15H20N2O3S/c1-10(18)12-8-11(9-21-12)13(19)17-15(14(20)16-2)6-4-3-5-7-15/h8-9H,3-7H2,1-2H3,(H,16,20)(H,17,19). The Balaban J connectivity index is 2.17. The van der Waals surface area contributed by atoms with E-state index in [9.17, 15) is 14.4 Å². The van der Waals surface area contributed by atoms with Gasteiger partial charge in [0.25, 0.3) is 5.91 Å². The summed E-state index contributed by atoms with van der Waals surface area (Å²) in [6.45, 7) is 1.47. The van der Waals surface area contributed by atoms with E-state index in [1.807, 2.05) is 0 Å². The normalized spacial score (nSPS) is 17.0. The molecule has 6 heteroatoms. The van der Waals surface area contributed by atoms with Crippen LogP contribution >= 0.6 is 11.3 Å². The van der Waals surface area contributed by atoms with Crippen molar-refractivity contribution in [2.24, 2.45) is 0 Å². The first-order valence-corrected chi connectivity index (χ1v) is 8.00. The molecule has 1 heterocycles. The smallest absolute Gasteiger partial charge is 0.253 e. The lowest BCUT2D eigenvalue weighted by atomic mass is 9.80. The van der Waals surface area contributed by atoms with E-state index in [1.54, 1.807) is 18.5 Å². The Hall–Kier alpha value is -1.69. The number of carbonyl (C=O) groups is 3. The van der Waals surface area contributed by atoms with Gasteiger partial charge >= 0.3 is 0 Å². The molecule has 1 aliphatic rings. The van der Waals surface area contributed by atoms with E-state index < -0.39 is 5.54 Å². The van der Waals surface area contributed by atoms with Gasteiger partial charge in [0.15, 0.2) is 5.78 Å².